The van der Waals surface area contributed by atoms with Crippen LogP contribution in [-0.4, -0.2) is 216 Å². The number of nitrogens with two attached hydrogens (primary N) is 2. The van der Waals surface area contributed by atoms with Crippen LogP contribution in [0.4, 0.5) is 0 Å². The van der Waals surface area contributed by atoms with Crippen molar-refractivity contribution < 1.29 is 82.8 Å². The number of amides is 11. The smallest absolute Gasteiger partial charge is 0.327 e. The number of aliphatic hydroxyl groups excluding tert-OH is 2. The van der Waals surface area contributed by atoms with Gasteiger partial charge in [-0.15, -0.1) is 0 Å². The summed E-state index contributed by atoms with van der Waals surface area (Å²) in [5, 5.41) is 68.4. The number of aliphatic hydroxyl groups is 2. The molecule has 3 heterocycles. The van der Waals surface area contributed by atoms with Crippen molar-refractivity contribution in [1.82, 2.24) is 68.0 Å². The van der Waals surface area contributed by atoms with Gasteiger partial charge in [-0.1, -0.05) is 84.4 Å². The minimum absolute atomic E-state index is 0.00957. The van der Waals surface area contributed by atoms with Crippen molar-refractivity contribution in [1.29, 1.82) is 0 Å². The van der Waals surface area contributed by atoms with Crippen LogP contribution in [0.2, 0.25) is 0 Å². The molecule has 0 saturated carbocycles. The maximum Gasteiger partial charge on any atom is 0.327 e. The Morgan fingerprint density at radius 2 is 0.971 bits per heavy atom. The van der Waals surface area contributed by atoms with E-state index >= 15 is 4.79 Å². The molecule has 32 nitrogen and oxygen atoms in total. The normalized spacial score (nSPS) is 16.8. The fourth-order valence-corrected chi connectivity index (χ4v) is 12.2. The lowest BCUT2D eigenvalue weighted by Gasteiger charge is -2.33. The van der Waals surface area contributed by atoms with Gasteiger partial charge in [0, 0.05) is 65.8 Å². The van der Waals surface area contributed by atoms with E-state index in [0.717, 1.165) is 6.92 Å². The van der Waals surface area contributed by atoms with Crippen LogP contribution < -0.4 is 64.6 Å². The summed E-state index contributed by atoms with van der Waals surface area (Å²) in [7, 11) is 0. The number of likely N-dealkylation sites (tertiary alicyclic amines) is 1. The van der Waals surface area contributed by atoms with E-state index in [1.165, 1.54) is 11.8 Å². The van der Waals surface area contributed by atoms with Gasteiger partial charge in [0.25, 0.3) is 0 Å². The average molecular weight is 1450 g/mol. The number of hydrogen-bond donors (Lipinski definition) is 19. The molecule has 0 bridgehead atoms. The molecule has 102 heavy (non-hydrogen) atoms. The van der Waals surface area contributed by atoms with Crippen molar-refractivity contribution in [2.75, 3.05) is 25.4 Å². The van der Waals surface area contributed by atoms with E-state index in [1.54, 1.807) is 102 Å². The van der Waals surface area contributed by atoms with Crippen molar-refractivity contribution in [2.24, 2.45) is 29.2 Å². The number of thiol groups is 1. The molecule has 1 fully saturated rings. The number of nitrogens with one attached hydrogen (secondary N) is 12. The van der Waals surface area contributed by atoms with Gasteiger partial charge in [-0.25, -0.2) is 4.79 Å². The summed E-state index contributed by atoms with van der Waals surface area (Å²) >= 11 is 4.03. The van der Waals surface area contributed by atoms with Crippen LogP contribution in [0.1, 0.15) is 131 Å². The summed E-state index contributed by atoms with van der Waals surface area (Å²) in [4.78, 5) is 188. The number of carboxylic acids is 2. The van der Waals surface area contributed by atoms with E-state index in [4.69, 9.17) is 11.5 Å². The highest BCUT2D eigenvalue weighted by molar-refractivity contribution is 7.80. The number of carboxylic acid groups (broad SMARTS) is 2. The number of unbranched alkanes of at least 4 members (excludes halogenated alkanes) is 1. The maximum atomic E-state index is 15.0. The van der Waals surface area contributed by atoms with Crippen molar-refractivity contribution in [2.45, 2.75) is 211 Å². The van der Waals surface area contributed by atoms with Gasteiger partial charge in [-0.05, 0) is 113 Å². The van der Waals surface area contributed by atoms with Crippen LogP contribution in [0.25, 0.3) is 21.8 Å². The van der Waals surface area contributed by atoms with Crippen LogP contribution in [-0.2, 0) is 75.2 Å². The van der Waals surface area contributed by atoms with Crippen molar-refractivity contribution in [3.05, 3.63) is 72.1 Å². The third kappa shape index (κ3) is 24.5. The Kier molecular flexibility index (Phi) is 33.1. The minimum atomic E-state index is -1.91. The number of hydrogen-bond acceptors (Lipinski definition) is 18. The predicted octanol–water partition coefficient (Wildman–Crippen LogP) is -0.860. The zero-order valence-corrected chi connectivity index (χ0v) is 59.9. The summed E-state index contributed by atoms with van der Waals surface area (Å²) < 4.78 is 0. The number of carbonyl (C=O) groups is 13. The van der Waals surface area contributed by atoms with Gasteiger partial charge in [0.05, 0.1) is 18.8 Å². The molecule has 1 aliphatic rings. The fraction of sp³-hybridized carbons (Fsp3) is 0.580. The number of H-pyrrole nitrogens is 2. The third-order valence-electron chi connectivity index (χ3n) is 17.7. The van der Waals surface area contributed by atoms with Crippen LogP contribution in [0.15, 0.2) is 60.9 Å². The third-order valence-corrected chi connectivity index (χ3v) is 18.1. The lowest BCUT2D eigenvalue weighted by Crippen LogP contribution is -2.62. The van der Waals surface area contributed by atoms with Crippen LogP contribution in [0.3, 0.4) is 0 Å². The molecule has 20 N–H and O–H groups in total. The molecule has 1 saturated heterocycles. The van der Waals surface area contributed by atoms with E-state index in [-0.39, 0.29) is 69.2 Å². The summed E-state index contributed by atoms with van der Waals surface area (Å²) in [5.41, 5.74) is 13.6. The summed E-state index contributed by atoms with van der Waals surface area (Å²) in [6.45, 7) is 12.7. The van der Waals surface area contributed by atoms with Gasteiger partial charge < -0.3 is 99.9 Å². The number of para-hydroxylation sites is 2. The first-order chi connectivity index (χ1) is 48.3. The first-order valence-corrected chi connectivity index (χ1v) is 35.2. The van der Waals surface area contributed by atoms with Crippen LogP contribution in [0.5, 0.6) is 0 Å². The molecular formula is C69H103N15O17S. The predicted molar refractivity (Wildman–Crippen MR) is 380 cm³/mol. The van der Waals surface area contributed by atoms with Crippen LogP contribution >= 0.6 is 12.6 Å². The molecule has 562 valence electrons. The van der Waals surface area contributed by atoms with E-state index in [0.29, 0.717) is 58.6 Å². The molecule has 2 aromatic heterocycles. The highest BCUT2D eigenvalue weighted by Crippen LogP contribution is 2.25. The highest BCUT2D eigenvalue weighted by atomic mass is 32.1. The van der Waals surface area contributed by atoms with Gasteiger partial charge in [0.1, 0.15) is 66.5 Å². The number of benzene rings is 2. The molecule has 2 aromatic carbocycles. The number of carbonyl (C=O) groups excluding carboxylic acids is 11. The Bertz CT molecular complexity index is 3560. The van der Waals surface area contributed by atoms with Gasteiger partial charge >= 0.3 is 11.9 Å². The molecule has 0 spiro atoms. The largest absolute Gasteiger partial charge is 0.481 e. The first-order valence-electron chi connectivity index (χ1n) is 34.6. The SMILES string of the molecule is CC[C@H](C)[C@H](NC(=O)[C@H](Cc1c[nH]c2ccccc12)NC(=O)[C@H](CCC(=O)O)NC(=O)[C@@H](NC(=O)[C@H](CC(C)C)NC(=O)[C@H](Cc1c[nH]c2ccccc12)NC(=O)[C@H](CCCCN)NC(=O)[C@@H](NC(=O)CN)[C@@H](C)O)[C@@H](C)O)C(=O)N1CCC[C@H]1C(=O)N[C@@H](CC(C)C)C(=O)N[C@@H](CS)C(=O)O. The van der Waals surface area contributed by atoms with Crippen LogP contribution in [0, 0.1) is 17.8 Å². The molecule has 33 heteroatoms. The van der Waals surface area contributed by atoms with Gasteiger partial charge in [-0.3, -0.25) is 57.5 Å². The van der Waals surface area contributed by atoms with Gasteiger partial charge in [-0.2, -0.15) is 12.6 Å². The quantitative estimate of drug-likeness (QED) is 0.0190. The van der Waals surface area contributed by atoms with Gasteiger partial charge in [0.15, 0.2) is 0 Å². The number of aromatic amines is 2. The topological polar surface area (TPSA) is 510 Å². The second-order valence-electron chi connectivity index (χ2n) is 26.8. The fourth-order valence-electron chi connectivity index (χ4n) is 11.9. The molecule has 14 atom stereocenters. The Morgan fingerprint density at radius 3 is 1.44 bits per heavy atom. The second-order valence-corrected chi connectivity index (χ2v) is 27.2. The molecule has 0 radical (unpaired) electrons. The maximum absolute atomic E-state index is 15.0. The highest BCUT2D eigenvalue weighted by Gasteiger charge is 2.43. The number of aliphatic carboxylic acids is 2. The number of nitrogens with zero attached hydrogens (tertiary/aromatic N) is 1. The molecule has 0 unspecified atom stereocenters. The van der Waals surface area contributed by atoms with Crippen molar-refractivity contribution in [3.8, 4) is 0 Å². The number of rotatable bonds is 42. The Balaban J connectivity index is 1.43. The summed E-state index contributed by atoms with van der Waals surface area (Å²) in [6, 6.07) is -1.98. The summed E-state index contributed by atoms with van der Waals surface area (Å²) in [6.07, 6.45) is -0.109. The van der Waals surface area contributed by atoms with E-state index in [9.17, 15) is 78.0 Å². The van der Waals surface area contributed by atoms with Gasteiger partial charge in [0.2, 0.25) is 65.0 Å². The zero-order chi connectivity index (χ0) is 75.7. The monoisotopic (exact) mass is 1450 g/mol. The molecule has 0 aliphatic carbocycles. The van der Waals surface area contributed by atoms with Crippen molar-refractivity contribution >= 4 is 111 Å². The molecule has 4 aromatic rings. The zero-order valence-electron chi connectivity index (χ0n) is 59.0. The molecule has 5 rings (SSSR count). The molecule has 11 amide bonds. The van der Waals surface area contributed by atoms with E-state index < -0.39 is 181 Å². The summed E-state index contributed by atoms with van der Waals surface area (Å²) in [5.74, 6) is -13.8. The Morgan fingerprint density at radius 1 is 0.539 bits per heavy atom. The second kappa shape index (κ2) is 40.5. The minimum Gasteiger partial charge on any atom is -0.481 e. The Labute approximate surface area is 597 Å². The number of fused-ring (bicyclic) bond motifs is 2. The standard InChI is InChI=1S/C69H103N15O17S/c1-9-37(6)56(68(99)84-26-16-22-53(84)65(96)79-48(27-35(2)3)61(92)80-52(34-102)69(100)101)82-64(95)51(30-41-33-73-45-20-13-11-18-43(41)45)78-60(91)47(23-24-55(88)89)75-67(98)58(39(8)86)83-63(94)49(28-36(4)5)76-62(93)50(29-40-32-72-44-19-12-10-17-42(40)44)77-59(90)46(21-14-15-25-70)74-66(97)57(38(7)85)81-54(87)31-71/h10-13,17-20,32-33,35-39,46-53,56-58,72-73,85-86,102H,9,14-16,21-31,34,70-71H2,1-8H3,(H,74,97)(H,75,98)(H,76,93)(H,77,90)(H,78,91)(H,79,96)(H,80,92)(H,81,87)(H,82,95)(H,83,94)(H,88,89)(H,100,101)/t37-,38+,39+,46-,47-,48-,49-,50-,51-,52-,53-,56-,57-,58-/m0/s1. The lowest BCUT2D eigenvalue weighted by atomic mass is 9.96. The Hall–Kier alpha value is -9.18. The number of aromatic nitrogens is 2. The molecule has 1 aliphatic heterocycles. The lowest BCUT2D eigenvalue weighted by molar-refractivity contribution is -0.144. The van der Waals surface area contributed by atoms with E-state index in [1.807, 2.05) is 0 Å². The average Bonchev–Trinajstić information content (AvgIpc) is 1.61. The first kappa shape index (κ1) is 83.5. The molecular weight excluding hydrogens is 1340 g/mol. The van der Waals surface area contributed by atoms with Crippen molar-refractivity contribution in [3.63, 3.8) is 0 Å². The van der Waals surface area contributed by atoms with E-state index in [2.05, 4.69) is 75.8 Å².